The zero-order valence-electron chi connectivity index (χ0n) is 31.7. The number of carbonyl (C=O) groups is 4. The highest BCUT2D eigenvalue weighted by Gasteiger charge is 2.24. The third kappa shape index (κ3) is 7.61. The number of hydrogen-bond donors (Lipinski definition) is 7. The second-order valence-corrected chi connectivity index (χ2v) is 12.6. The van der Waals surface area contributed by atoms with Crippen molar-refractivity contribution in [2.24, 2.45) is 20.5 Å². The first-order chi connectivity index (χ1) is 30.0. The Hall–Kier alpha value is -10.2. The van der Waals surface area contributed by atoms with Crippen molar-refractivity contribution in [2.75, 3.05) is 11.5 Å². The number of aromatic nitrogens is 11. The van der Waals surface area contributed by atoms with Gasteiger partial charge >= 0.3 is 29.9 Å². The summed E-state index contributed by atoms with van der Waals surface area (Å²) >= 11 is 0. The van der Waals surface area contributed by atoms with Crippen molar-refractivity contribution in [3.8, 4) is 35.4 Å². The molecule has 5 heterocycles. The van der Waals surface area contributed by atoms with Crippen LogP contribution < -0.4 is 11.5 Å². The lowest BCUT2D eigenvalue weighted by atomic mass is 10.1. The van der Waals surface area contributed by atoms with Gasteiger partial charge in [-0.2, -0.15) is 50.0 Å². The molecule has 0 saturated carbocycles. The van der Waals surface area contributed by atoms with Crippen LogP contribution in [0.25, 0.3) is 28.1 Å². The zero-order chi connectivity index (χ0) is 45.4. The fraction of sp³-hybridized carbons (Fsp3) is 0.0571. The van der Waals surface area contributed by atoms with Crippen molar-refractivity contribution >= 4 is 64.2 Å². The van der Waals surface area contributed by atoms with E-state index in [-0.39, 0.29) is 103 Å². The van der Waals surface area contributed by atoms with Gasteiger partial charge in [-0.15, -0.1) is 20.5 Å². The molecule has 0 fully saturated rings. The van der Waals surface area contributed by atoms with E-state index in [1.54, 1.807) is 0 Å². The van der Waals surface area contributed by atoms with Crippen molar-refractivity contribution in [3.05, 3.63) is 99.4 Å². The smallest absolute Gasteiger partial charge is 0.335 e. The largest absolute Gasteiger partial charge is 0.479 e. The van der Waals surface area contributed by atoms with Gasteiger partial charge in [0.05, 0.1) is 64.0 Å². The fourth-order valence-corrected chi connectivity index (χ4v) is 5.71. The minimum Gasteiger partial charge on any atom is -0.479 e. The van der Waals surface area contributed by atoms with E-state index in [4.69, 9.17) is 18.0 Å². The van der Waals surface area contributed by atoms with Crippen LogP contribution in [0.4, 0.5) is 40.3 Å². The van der Waals surface area contributed by atoms with Gasteiger partial charge in [-0.05, 0) is 50.2 Å². The number of hydrogen-bond acceptors (Lipinski definition) is 19. The first-order valence-electron chi connectivity index (χ1n) is 17.2. The Morgan fingerprint density at radius 1 is 0.651 bits per heavy atom. The molecule has 2 aromatic carbocycles. The summed E-state index contributed by atoms with van der Waals surface area (Å²) in [6, 6.07) is 7.42. The van der Waals surface area contributed by atoms with Crippen LogP contribution in [-0.4, -0.2) is 103 Å². The molecule has 0 saturated heterocycles. The first kappa shape index (κ1) is 40.9. The lowest BCUT2D eigenvalue weighted by Gasteiger charge is -2.08. The highest BCUT2D eigenvalue weighted by atomic mass is 16.4. The summed E-state index contributed by atoms with van der Waals surface area (Å²) in [6.07, 6.45) is 2.22. The van der Waals surface area contributed by atoms with Gasteiger partial charge in [0.2, 0.25) is 0 Å². The van der Waals surface area contributed by atoms with Crippen LogP contribution in [0.2, 0.25) is 0 Å². The van der Waals surface area contributed by atoms with E-state index in [1.807, 2.05) is 6.07 Å². The summed E-state index contributed by atoms with van der Waals surface area (Å²) in [5.74, 6) is -7.36. The summed E-state index contributed by atoms with van der Waals surface area (Å²) < 4.78 is 3.94. The molecule has 7 aromatic rings. The summed E-state index contributed by atoms with van der Waals surface area (Å²) in [4.78, 5) is 62.3. The van der Waals surface area contributed by atoms with Gasteiger partial charge in [0.1, 0.15) is 11.6 Å². The second kappa shape index (κ2) is 15.8. The fourth-order valence-electron chi connectivity index (χ4n) is 5.71. The lowest BCUT2D eigenvalue weighted by molar-refractivity contribution is 0.0676. The highest BCUT2D eigenvalue weighted by molar-refractivity contribution is 5.96. The number of nitriles is 1. The number of aryl methyl sites for hydroxylation is 2. The molecule has 28 heteroatoms. The van der Waals surface area contributed by atoms with Crippen LogP contribution in [-0.2, 0) is 0 Å². The molecule has 7 rings (SSSR count). The van der Waals surface area contributed by atoms with E-state index in [9.17, 15) is 50.0 Å². The minimum atomic E-state index is -1.42. The van der Waals surface area contributed by atoms with Crippen LogP contribution in [0.1, 0.15) is 58.4 Å². The van der Waals surface area contributed by atoms with Crippen molar-refractivity contribution in [2.45, 2.75) is 13.8 Å². The number of anilines is 2. The predicted octanol–water partition coefficient (Wildman–Crippen LogP) is 4.15. The van der Waals surface area contributed by atoms with Gasteiger partial charge in [-0.1, -0.05) is 0 Å². The Labute approximate surface area is 348 Å². The summed E-state index contributed by atoms with van der Waals surface area (Å²) in [5, 5.41) is 91.7. The molecule has 0 amide bonds. The number of aromatic hydroxyl groups is 1. The Morgan fingerprint density at radius 3 is 1.48 bits per heavy atom. The maximum Gasteiger partial charge on any atom is 0.335 e. The van der Waals surface area contributed by atoms with Crippen molar-refractivity contribution < 1.29 is 44.7 Å². The van der Waals surface area contributed by atoms with Gasteiger partial charge < -0.3 is 37.0 Å². The lowest BCUT2D eigenvalue weighted by Crippen LogP contribution is -2.13. The molecular weight excluding hydrogens is 831 g/mol. The molecule has 0 spiro atoms. The van der Waals surface area contributed by atoms with Crippen LogP contribution in [0.5, 0.6) is 6.01 Å². The molecule has 312 valence electrons. The maximum atomic E-state index is 11.7. The molecule has 0 aliphatic carbocycles. The van der Waals surface area contributed by atoms with E-state index >= 15 is 0 Å². The third-order valence-electron chi connectivity index (χ3n) is 8.62. The van der Waals surface area contributed by atoms with Gasteiger partial charge in [0.25, 0.3) is 17.6 Å². The molecule has 0 aliphatic rings. The van der Waals surface area contributed by atoms with Gasteiger partial charge in [-0.3, -0.25) is 0 Å². The van der Waals surface area contributed by atoms with Gasteiger partial charge in [-0.25, -0.2) is 33.4 Å². The van der Waals surface area contributed by atoms with Crippen molar-refractivity contribution in [1.82, 2.24) is 54.1 Å². The highest BCUT2D eigenvalue weighted by Crippen LogP contribution is 2.36. The number of nitrogens with zero attached hydrogens (tertiary/aromatic N) is 17. The average molecular weight is 854 g/mol. The van der Waals surface area contributed by atoms with E-state index in [0.29, 0.717) is 0 Å². The summed E-state index contributed by atoms with van der Waals surface area (Å²) in [5.41, 5.74) is 11.0. The molecule has 9 N–H and O–H groups in total. The standard InChI is InChI=1S/C35H23N19O9/c1-13-23(45-47-27-19(10-36)11-40-51(27)20-6-15(29(55)56)4-16(7-20)30(57)58)25(37)53(49-13)33-42-34(44-35(63)43-33)54-26(38)24(14(2)50-54)46-48-28-22(39-3)12-41-52(28)21-8-17(31(59)60)5-18(9-21)32(61)62/h4-9,11-12H,37-38H2,1-2H3,(H,55,56)(H,57,58)(H,59,60)(H,61,62)(H,42,43,44,63)/b47-45+,48-46+. The van der Waals surface area contributed by atoms with E-state index < -0.39 is 29.9 Å². The van der Waals surface area contributed by atoms with E-state index in [0.717, 1.165) is 67.5 Å². The van der Waals surface area contributed by atoms with Crippen molar-refractivity contribution in [1.29, 1.82) is 5.26 Å². The minimum absolute atomic E-state index is 0.0552. The van der Waals surface area contributed by atoms with E-state index in [1.165, 1.54) is 13.8 Å². The molecule has 0 radical (unpaired) electrons. The Bertz CT molecular complexity index is 2980. The van der Waals surface area contributed by atoms with Crippen LogP contribution in [0, 0.1) is 31.8 Å². The SMILES string of the molecule is [C-]#[N+]c1cnn(-c2cc(C(=O)O)cc(C(=O)O)c2)c1/N=N/c1c(C)nn(-c2nc(O)nc(-n3nc(C)c(/N=N/c4c(C#N)cnn4-c4cc(C(=O)O)cc(C(=O)O)c4)c3N)n2)c1N. The number of nitrogens with two attached hydrogens (primary N) is 2. The predicted molar refractivity (Wildman–Crippen MR) is 208 cm³/mol. The first-order valence-corrected chi connectivity index (χ1v) is 17.2. The van der Waals surface area contributed by atoms with Crippen molar-refractivity contribution in [3.63, 3.8) is 0 Å². The number of azo groups is 2. The topological polar surface area (TPSA) is 409 Å². The number of carboxylic acid groups (broad SMARTS) is 4. The normalized spacial score (nSPS) is 11.2. The van der Waals surface area contributed by atoms with E-state index in [2.05, 4.69) is 60.6 Å². The van der Waals surface area contributed by atoms with Crippen LogP contribution in [0.15, 0.2) is 69.2 Å². The summed E-state index contributed by atoms with van der Waals surface area (Å²) in [6.45, 7) is 10.5. The monoisotopic (exact) mass is 853 g/mol. The molecule has 28 nitrogen and oxygen atoms in total. The molecule has 0 bridgehead atoms. The molecule has 63 heavy (non-hydrogen) atoms. The van der Waals surface area contributed by atoms with Crippen LogP contribution in [0.3, 0.4) is 0 Å². The second-order valence-electron chi connectivity index (χ2n) is 12.6. The average Bonchev–Trinajstić information content (AvgIpc) is 4.01. The Morgan fingerprint density at radius 2 is 1.06 bits per heavy atom. The zero-order valence-corrected chi connectivity index (χ0v) is 31.7. The number of rotatable bonds is 12. The van der Waals surface area contributed by atoms with Gasteiger partial charge in [0, 0.05) is 0 Å². The summed E-state index contributed by atoms with van der Waals surface area (Å²) in [7, 11) is 0. The van der Waals surface area contributed by atoms with Crippen LogP contribution >= 0.6 is 0 Å². The molecule has 5 aromatic heterocycles. The molecular formula is C35H23N19O9. The number of benzene rings is 2. The Kier molecular flexibility index (Phi) is 10.3. The molecule has 0 unspecified atom stereocenters. The third-order valence-corrected chi connectivity index (χ3v) is 8.62. The molecule has 0 atom stereocenters. The van der Waals surface area contributed by atoms with Gasteiger partial charge in [0.15, 0.2) is 34.6 Å². The number of carboxylic acids is 4. The molecule has 0 aliphatic heterocycles. The quantitative estimate of drug-likeness (QED) is 0.0670. The maximum absolute atomic E-state index is 11.7. The number of nitrogen functional groups attached to an aromatic ring is 2. The number of aromatic carboxylic acids is 4. The Balaban J connectivity index is 1.23.